The van der Waals surface area contributed by atoms with Crippen LogP contribution >= 0.6 is 11.6 Å². The minimum absolute atomic E-state index is 0.311. The number of benzene rings is 1. The van der Waals surface area contributed by atoms with Crippen molar-refractivity contribution in [2.75, 3.05) is 13.1 Å². The Kier molecular flexibility index (Phi) is 2.85. The monoisotopic (exact) mass is 249 g/mol. The maximum atomic E-state index is 10.3. The summed E-state index contributed by atoms with van der Waals surface area (Å²) in [5, 5.41) is 11.0. The molecule has 3 heterocycles. The van der Waals surface area contributed by atoms with Gasteiger partial charge in [0.25, 0.3) is 0 Å². The van der Waals surface area contributed by atoms with Gasteiger partial charge in [0, 0.05) is 23.8 Å². The van der Waals surface area contributed by atoms with Gasteiger partial charge in [-0.25, -0.2) is 0 Å². The van der Waals surface area contributed by atoms with Gasteiger partial charge in [0.2, 0.25) is 0 Å². The molecule has 3 saturated heterocycles. The van der Waals surface area contributed by atoms with E-state index < -0.39 is 0 Å². The van der Waals surface area contributed by atoms with E-state index in [-0.39, 0.29) is 6.10 Å². The summed E-state index contributed by atoms with van der Waals surface area (Å²) in [6, 6.07) is 7.78. The van der Waals surface area contributed by atoms with Gasteiger partial charge < -0.3 is 10.0 Å². The number of hydrogen-bond acceptors (Lipinski definition) is 2. The highest BCUT2D eigenvalue weighted by Gasteiger charge is 2.36. The molecule has 3 heteroatoms. The number of halogens is 1. The maximum Gasteiger partial charge on any atom is 0.0965 e. The van der Waals surface area contributed by atoms with Crippen LogP contribution in [0.3, 0.4) is 0 Å². The third kappa shape index (κ3) is 1.96. The normalized spacial score (nSPS) is 30.0. The lowest BCUT2D eigenvalue weighted by atomic mass is 9.83. The molecule has 4 rings (SSSR count). The Bertz CT molecular complexity index is 445. The van der Waals surface area contributed by atoms with Crippen LogP contribution < -0.4 is 0 Å². The van der Waals surface area contributed by atoms with Gasteiger partial charge in [-0.3, -0.25) is 0 Å². The molecule has 17 heavy (non-hydrogen) atoms. The second-order valence-electron chi connectivity index (χ2n) is 4.86. The second-order valence-corrected chi connectivity index (χ2v) is 5.27. The minimum atomic E-state index is -0.311. The molecule has 0 aliphatic carbocycles. The Labute approximate surface area is 107 Å². The summed E-state index contributed by atoms with van der Waals surface area (Å²) in [5.41, 5.74) is 2.04. The van der Waals surface area contributed by atoms with Crippen molar-refractivity contribution in [2.24, 2.45) is 5.92 Å². The van der Waals surface area contributed by atoms with Crippen LogP contribution in [0.1, 0.15) is 18.4 Å². The van der Waals surface area contributed by atoms with Crippen LogP contribution in [0.25, 0.3) is 6.08 Å². The summed E-state index contributed by atoms with van der Waals surface area (Å²) in [6.07, 6.45) is 3.95. The molecule has 0 radical (unpaired) electrons. The number of fused-ring (bicyclic) bond motifs is 3. The highest BCUT2D eigenvalue weighted by atomic mass is 35.5. The average Bonchev–Trinajstić information content (AvgIpc) is 2.36. The fraction of sp³-hybridized carbons (Fsp3) is 0.429. The molecular formula is C14H16ClNO. The van der Waals surface area contributed by atoms with Crippen molar-refractivity contribution < 1.29 is 5.11 Å². The number of aliphatic hydroxyl groups excluding tert-OH is 1. The zero-order chi connectivity index (χ0) is 11.8. The molecule has 1 aromatic carbocycles. The Hall–Kier alpha value is -0.990. The summed E-state index contributed by atoms with van der Waals surface area (Å²) in [7, 11) is 0. The largest absolute Gasteiger partial charge is 0.387 e. The number of hydrogen-bond donors (Lipinski definition) is 1. The molecule has 1 unspecified atom stereocenters. The van der Waals surface area contributed by atoms with Crippen molar-refractivity contribution in [3.63, 3.8) is 0 Å². The molecule has 3 fully saturated rings. The highest BCUT2D eigenvalue weighted by Crippen LogP contribution is 2.36. The van der Waals surface area contributed by atoms with Gasteiger partial charge in [-0.2, -0.15) is 0 Å². The van der Waals surface area contributed by atoms with Crippen LogP contribution in [-0.4, -0.2) is 29.2 Å². The van der Waals surface area contributed by atoms with Crippen molar-refractivity contribution in [3.05, 3.63) is 40.5 Å². The van der Waals surface area contributed by atoms with Crippen LogP contribution in [0, 0.1) is 5.92 Å². The lowest BCUT2D eigenvalue weighted by molar-refractivity contribution is 0.0215. The summed E-state index contributed by atoms with van der Waals surface area (Å²) in [6.45, 7) is 2.13. The van der Waals surface area contributed by atoms with E-state index in [1.807, 2.05) is 30.3 Å². The number of nitrogens with zero attached hydrogens (tertiary/aromatic N) is 1. The van der Waals surface area contributed by atoms with Crippen molar-refractivity contribution in [1.29, 1.82) is 0 Å². The molecule has 0 spiro atoms. The van der Waals surface area contributed by atoms with E-state index in [0.717, 1.165) is 42.2 Å². The Balaban J connectivity index is 1.96. The molecule has 2 bridgehead atoms. The van der Waals surface area contributed by atoms with Gasteiger partial charge in [0.05, 0.1) is 6.10 Å². The molecule has 1 N–H and O–H groups in total. The molecule has 1 atom stereocenters. The first-order valence-corrected chi connectivity index (χ1v) is 6.52. The lowest BCUT2D eigenvalue weighted by Crippen LogP contribution is -2.48. The minimum Gasteiger partial charge on any atom is -0.387 e. The van der Waals surface area contributed by atoms with Crippen LogP contribution in [0.4, 0.5) is 0 Å². The van der Waals surface area contributed by atoms with Crippen LogP contribution in [0.2, 0.25) is 5.02 Å². The molecule has 3 aliphatic heterocycles. The Morgan fingerprint density at radius 3 is 2.59 bits per heavy atom. The third-order valence-electron chi connectivity index (χ3n) is 3.86. The van der Waals surface area contributed by atoms with Crippen LogP contribution in [0.15, 0.2) is 30.0 Å². The van der Waals surface area contributed by atoms with Gasteiger partial charge in [-0.15, -0.1) is 0 Å². The molecule has 0 amide bonds. The zero-order valence-electron chi connectivity index (χ0n) is 9.64. The molecule has 3 aliphatic rings. The first-order chi connectivity index (χ1) is 8.25. The number of piperidine rings is 3. The summed E-state index contributed by atoms with van der Waals surface area (Å²) in [5.74, 6) is 0.439. The van der Waals surface area contributed by atoms with Crippen molar-refractivity contribution >= 4 is 17.7 Å². The van der Waals surface area contributed by atoms with E-state index in [1.54, 1.807) is 0 Å². The van der Waals surface area contributed by atoms with E-state index in [2.05, 4.69) is 4.90 Å². The molecular weight excluding hydrogens is 234 g/mol. The lowest BCUT2D eigenvalue weighted by Gasteiger charge is -2.46. The second kappa shape index (κ2) is 4.35. The maximum absolute atomic E-state index is 10.3. The van der Waals surface area contributed by atoms with Crippen molar-refractivity contribution in [1.82, 2.24) is 4.90 Å². The van der Waals surface area contributed by atoms with Crippen LogP contribution in [0.5, 0.6) is 0 Å². The fourth-order valence-corrected chi connectivity index (χ4v) is 3.02. The van der Waals surface area contributed by atoms with Gasteiger partial charge in [0.15, 0.2) is 0 Å². The van der Waals surface area contributed by atoms with E-state index >= 15 is 0 Å². The molecule has 0 saturated carbocycles. The third-order valence-corrected chi connectivity index (χ3v) is 4.21. The standard InChI is InChI=1S/C14H16ClNO/c15-12-4-2-1-3-11(12)9-13-14(17)10-5-7-16(13)8-6-10/h1-4,9-10,14,17H,5-8H2. The summed E-state index contributed by atoms with van der Waals surface area (Å²) >= 11 is 6.15. The molecule has 0 aromatic heterocycles. The predicted octanol–water partition coefficient (Wildman–Crippen LogP) is 2.77. The quantitative estimate of drug-likeness (QED) is 0.827. The molecule has 1 aromatic rings. The SMILES string of the molecule is OC1C(=Cc2ccccc2Cl)N2CCC1CC2. The van der Waals surface area contributed by atoms with E-state index in [9.17, 15) is 5.11 Å². The molecule has 2 nitrogen and oxygen atoms in total. The smallest absolute Gasteiger partial charge is 0.0965 e. The number of aliphatic hydroxyl groups is 1. The first kappa shape index (κ1) is 11.1. The average molecular weight is 250 g/mol. The van der Waals surface area contributed by atoms with Crippen LogP contribution in [-0.2, 0) is 0 Å². The van der Waals surface area contributed by atoms with Gasteiger partial charge in [0.1, 0.15) is 0 Å². The number of rotatable bonds is 1. The van der Waals surface area contributed by atoms with Gasteiger partial charge >= 0.3 is 0 Å². The van der Waals surface area contributed by atoms with Gasteiger partial charge in [-0.05, 0) is 36.5 Å². The fourth-order valence-electron chi connectivity index (χ4n) is 2.83. The predicted molar refractivity (Wildman–Crippen MR) is 69.7 cm³/mol. The summed E-state index contributed by atoms with van der Waals surface area (Å²) in [4.78, 5) is 2.29. The zero-order valence-corrected chi connectivity index (χ0v) is 10.4. The summed E-state index contributed by atoms with van der Waals surface area (Å²) < 4.78 is 0. The van der Waals surface area contributed by atoms with E-state index in [4.69, 9.17) is 11.6 Å². The van der Waals surface area contributed by atoms with E-state index in [1.165, 1.54) is 0 Å². The van der Waals surface area contributed by atoms with Crippen molar-refractivity contribution in [2.45, 2.75) is 18.9 Å². The Morgan fingerprint density at radius 2 is 1.94 bits per heavy atom. The highest BCUT2D eigenvalue weighted by molar-refractivity contribution is 6.32. The Morgan fingerprint density at radius 1 is 1.24 bits per heavy atom. The van der Waals surface area contributed by atoms with Crippen molar-refractivity contribution in [3.8, 4) is 0 Å². The first-order valence-electron chi connectivity index (χ1n) is 6.15. The topological polar surface area (TPSA) is 23.5 Å². The van der Waals surface area contributed by atoms with E-state index in [0.29, 0.717) is 5.92 Å². The van der Waals surface area contributed by atoms with Gasteiger partial charge in [-0.1, -0.05) is 29.8 Å². The molecule has 90 valence electrons.